The Morgan fingerprint density at radius 3 is 2.48 bits per heavy atom. The molecule has 1 aliphatic rings. The highest BCUT2D eigenvalue weighted by Gasteiger charge is 2.32. The average Bonchev–Trinajstić information content (AvgIpc) is 2.58. The third kappa shape index (κ3) is 8.11. The van der Waals surface area contributed by atoms with Crippen molar-refractivity contribution in [1.29, 1.82) is 0 Å². The maximum absolute atomic E-state index is 5.95. The van der Waals surface area contributed by atoms with E-state index >= 15 is 0 Å². The van der Waals surface area contributed by atoms with Crippen molar-refractivity contribution in [3.05, 3.63) is 0 Å². The quantitative estimate of drug-likeness (QED) is 0.313. The lowest BCUT2D eigenvalue weighted by Gasteiger charge is -2.36. The zero-order valence-electron chi connectivity index (χ0n) is 19.3. The highest BCUT2D eigenvalue weighted by Crippen LogP contribution is 2.34. The maximum Gasteiger partial charge on any atom is 0.121 e. The Kier molecular flexibility index (Phi) is 11.6. The Labute approximate surface area is 169 Å². The Hall–Kier alpha value is -0.610. The zero-order chi connectivity index (χ0) is 20.3. The molecule has 2 unspecified atom stereocenters. The molecule has 27 heavy (non-hydrogen) atoms. The van der Waals surface area contributed by atoms with E-state index in [1.807, 2.05) is 0 Å². The molecular formula is C23H47N3O. The molecule has 0 aliphatic heterocycles. The van der Waals surface area contributed by atoms with Gasteiger partial charge in [-0.15, -0.1) is 0 Å². The summed E-state index contributed by atoms with van der Waals surface area (Å²) >= 11 is 0. The third-order valence-electron chi connectivity index (χ3n) is 6.83. The van der Waals surface area contributed by atoms with Crippen LogP contribution < -0.4 is 5.32 Å². The summed E-state index contributed by atoms with van der Waals surface area (Å²) in [6.07, 6.45) is 7.82. The molecule has 1 rings (SSSR count). The van der Waals surface area contributed by atoms with E-state index in [1.54, 1.807) is 0 Å². The lowest BCUT2D eigenvalue weighted by molar-refractivity contribution is 0.0406. The first-order chi connectivity index (χ1) is 12.9. The van der Waals surface area contributed by atoms with Gasteiger partial charge in [-0.2, -0.15) is 0 Å². The molecule has 0 spiro atoms. The number of hydrogen-bond donors (Lipinski definition) is 1. The van der Waals surface area contributed by atoms with E-state index in [-0.39, 0.29) is 5.41 Å². The summed E-state index contributed by atoms with van der Waals surface area (Å²) in [4.78, 5) is 8.43. The normalized spacial score (nSPS) is 18.4. The van der Waals surface area contributed by atoms with Crippen LogP contribution in [0.15, 0.2) is 5.16 Å². The Morgan fingerprint density at radius 2 is 1.96 bits per heavy atom. The minimum absolute atomic E-state index is 0.0564. The molecule has 0 bridgehead atoms. The number of nitrogens with zero attached hydrogens (tertiary/aromatic N) is 2. The molecule has 4 heteroatoms. The lowest BCUT2D eigenvalue weighted by atomic mass is 9.74. The van der Waals surface area contributed by atoms with Crippen molar-refractivity contribution in [3.63, 3.8) is 0 Å². The second-order valence-corrected chi connectivity index (χ2v) is 9.17. The molecule has 0 heterocycles. The summed E-state index contributed by atoms with van der Waals surface area (Å²) in [7, 11) is 2.26. The maximum atomic E-state index is 5.95. The lowest BCUT2D eigenvalue weighted by Crippen LogP contribution is -2.38. The van der Waals surface area contributed by atoms with Gasteiger partial charge in [0.2, 0.25) is 0 Å². The molecule has 0 aromatic heterocycles. The van der Waals surface area contributed by atoms with Crippen LogP contribution in [0, 0.1) is 23.2 Å². The van der Waals surface area contributed by atoms with Crippen molar-refractivity contribution in [1.82, 2.24) is 10.2 Å². The second-order valence-electron chi connectivity index (χ2n) is 9.17. The van der Waals surface area contributed by atoms with Gasteiger partial charge in [-0.3, -0.25) is 0 Å². The van der Waals surface area contributed by atoms with Gasteiger partial charge < -0.3 is 15.1 Å². The van der Waals surface area contributed by atoms with Crippen molar-refractivity contribution in [3.8, 4) is 0 Å². The van der Waals surface area contributed by atoms with Gasteiger partial charge in [-0.25, -0.2) is 0 Å². The molecule has 0 radical (unpaired) electrons. The largest absolute Gasteiger partial charge is 0.395 e. The minimum Gasteiger partial charge on any atom is -0.395 e. The van der Waals surface area contributed by atoms with E-state index in [0.29, 0.717) is 11.8 Å². The van der Waals surface area contributed by atoms with Gasteiger partial charge in [0, 0.05) is 17.9 Å². The fraction of sp³-hybridized carbons (Fsp3) is 0.957. The molecule has 0 saturated heterocycles. The fourth-order valence-corrected chi connectivity index (χ4v) is 4.04. The summed E-state index contributed by atoms with van der Waals surface area (Å²) < 4.78 is 0. The van der Waals surface area contributed by atoms with Crippen molar-refractivity contribution >= 4 is 5.71 Å². The summed E-state index contributed by atoms with van der Waals surface area (Å²) in [5.41, 5.74) is 1.18. The highest BCUT2D eigenvalue weighted by molar-refractivity contribution is 5.87. The predicted molar refractivity (Wildman–Crippen MR) is 118 cm³/mol. The molecule has 0 aromatic carbocycles. The van der Waals surface area contributed by atoms with Crippen molar-refractivity contribution in [2.45, 2.75) is 80.1 Å². The molecule has 1 aliphatic carbocycles. The summed E-state index contributed by atoms with van der Waals surface area (Å²) in [5, 5.41) is 8.09. The Morgan fingerprint density at radius 1 is 1.26 bits per heavy atom. The average molecular weight is 382 g/mol. The summed E-state index contributed by atoms with van der Waals surface area (Å²) in [5.74, 6) is 2.02. The molecule has 2 atom stereocenters. The molecule has 1 N–H and O–H groups in total. The Balaban J connectivity index is 2.59. The SMILES string of the molecule is CCCCN(C)CC(CO/N=C(\C)C(C)(C)C(CC)CNCC)C1CCC1. The number of nitrogens with one attached hydrogen (secondary N) is 1. The van der Waals surface area contributed by atoms with Crippen LogP contribution in [-0.2, 0) is 4.84 Å². The van der Waals surface area contributed by atoms with Gasteiger partial charge in [-0.05, 0) is 64.7 Å². The Bertz CT molecular complexity index is 418. The van der Waals surface area contributed by atoms with E-state index in [0.717, 1.165) is 44.3 Å². The van der Waals surface area contributed by atoms with Gasteiger partial charge in [0.25, 0.3) is 0 Å². The molecule has 4 nitrogen and oxygen atoms in total. The fourth-order valence-electron chi connectivity index (χ4n) is 4.04. The molecule has 160 valence electrons. The van der Waals surface area contributed by atoms with Crippen LogP contribution >= 0.6 is 0 Å². The highest BCUT2D eigenvalue weighted by atomic mass is 16.6. The first kappa shape index (κ1) is 24.4. The standard InChI is InChI=1S/C23H47N3O/c1-8-11-15-26(7)17-21(20-13-12-14-20)18-27-25-19(4)23(5,6)22(9-2)16-24-10-3/h20-22,24H,8-18H2,1-7H3/b25-19+. The number of unbranched alkanes of at least 4 members (excludes halogenated alkanes) is 1. The van der Waals surface area contributed by atoms with Crippen molar-refractivity contribution in [2.75, 3.05) is 39.8 Å². The van der Waals surface area contributed by atoms with Gasteiger partial charge in [0.1, 0.15) is 6.61 Å². The van der Waals surface area contributed by atoms with E-state index < -0.39 is 0 Å². The first-order valence-electron chi connectivity index (χ1n) is 11.4. The van der Waals surface area contributed by atoms with E-state index in [2.05, 4.69) is 64.0 Å². The minimum atomic E-state index is 0.0564. The van der Waals surface area contributed by atoms with Gasteiger partial charge in [-0.1, -0.05) is 59.0 Å². The van der Waals surface area contributed by atoms with Crippen LogP contribution in [0.3, 0.4) is 0 Å². The molecule has 1 saturated carbocycles. The van der Waals surface area contributed by atoms with Crippen LogP contribution in [-0.4, -0.2) is 50.4 Å². The molecule has 0 aromatic rings. The van der Waals surface area contributed by atoms with Crippen LogP contribution in [0.2, 0.25) is 0 Å². The van der Waals surface area contributed by atoms with Crippen LogP contribution in [0.4, 0.5) is 0 Å². The molecule has 0 amide bonds. The van der Waals surface area contributed by atoms with E-state index in [1.165, 1.54) is 38.6 Å². The number of rotatable bonds is 15. The van der Waals surface area contributed by atoms with Gasteiger partial charge in [0.15, 0.2) is 0 Å². The predicted octanol–water partition coefficient (Wildman–Crippen LogP) is 5.19. The van der Waals surface area contributed by atoms with Gasteiger partial charge in [0.05, 0.1) is 5.71 Å². The van der Waals surface area contributed by atoms with Crippen LogP contribution in [0.25, 0.3) is 0 Å². The van der Waals surface area contributed by atoms with Crippen LogP contribution in [0.5, 0.6) is 0 Å². The van der Waals surface area contributed by atoms with E-state index in [4.69, 9.17) is 4.84 Å². The zero-order valence-corrected chi connectivity index (χ0v) is 19.3. The van der Waals surface area contributed by atoms with Crippen LogP contribution in [0.1, 0.15) is 80.1 Å². The number of hydrogen-bond acceptors (Lipinski definition) is 4. The summed E-state index contributed by atoms with van der Waals surface area (Å²) in [6.45, 7) is 18.6. The smallest absolute Gasteiger partial charge is 0.121 e. The summed E-state index contributed by atoms with van der Waals surface area (Å²) in [6, 6.07) is 0. The second kappa shape index (κ2) is 12.8. The molecule has 1 fully saturated rings. The topological polar surface area (TPSA) is 36.9 Å². The monoisotopic (exact) mass is 381 g/mol. The van der Waals surface area contributed by atoms with E-state index in [9.17, 15) is 0 Å². The van der Waals surface area contributed by atoms with Crippen molar-refractivity contribution in [2.24, 2.45) is 28.3 Å². The first-order valence-corrected chi connectivity index (χ1v) is 11.4. The molecular weight excluding hydrogens is 334 g/mol. The third-order valence-corrected chi connectivity index (χ3v) is 6.83. The van der Waals surface area contributed by atoms with Crippen molar-refractivity contribution < 1.29 is 4.84 Å². The van der Waals surface area contributed by atoms with Gasteiger partial charge >= 0.3 is 0 Å². The number of oxime groups is 1.